The molecule has 29 heavy (non-hydrogen) atoms. The van der Waals surface area contributed by atoms with Crippen LogP contribution in [0.25, 0.3) is 0 Å². The van der Waals surface area contributed by atoms with Gasteiger partial charge >= 0.3 is 0 Å². The molecule has 1 amide bonds. The zero-order valence-corrected chi connectivity index (χ0v) is 16.3. The van der Waals surface area contributed by atoms with Gasteiger partial charge in [-0.25, -0.2) is 8.42 Å². The summed E-state index contributed by atoms with van der Waals surface area (Å²) in [6, 6.07) is 11.8. The summed E-state index contributed by atoms with van der Waals surface area (Å²) in [5.74, 6) is 5.72. The van der Waals surface area contributed by atoms with Crippen LogP contribution in [-0.4, -0.2) is 32.3 Å². The number of benzene rings is 2. The van der Waals surface area contributed by atoms with Crippen molar-refractivity contribution in [3.05, 3.63) is 64.2 Å². The molecule has 150 valence electrons. The highest BCUT2D eigenvalue weighted by molar-refractivity contribution is 7.89. The van der Waals surface area contributed by atoms with Gasteiger partial charge in [-0.05, 0) is 49.2 Å². The van der Waals surface area contributed by atoms with E-state index >= 15 is 0 Å². The number of sulfonamides is 1. The van der Waals surface area contributed by atoms with E-state index in [1.54, 1.807) is 17.0 Å². The fourth-order valence-electron chi connectivity index (χ4n) is 2.91. The molecule has 0 unspecified atom stereocenters. The molecule has 1 aliphatic rings. The molecule has 0 aliphatic carbocycles. The van der Waals surface area contributed by atoms with Gasteiger partial charge in [0.05, 0.1) is 16.4 Å². The van der Waals surface area contributed by atoms with E-state index in [1.807, 2.05) is 12.1 Å². The highest BCUT2D eigenvalue weighted by atomic mass is 32.2. The van der Waals surface area contributed by atoms with Crippen molar-refractivity contribution in [2.45, 2.75) is 24.2 Å². The minimum atomic E-state index is -3.80. The number of carbonyl (C=O) groups is 1. The van der Waals surface area contributed by atoms with Gasteiger partial charge in [0.25, 0.3) is 5.69 Å². The maximum Gasteiger partial charge on any atom is 0.269 e. The Morgan fingerprint density at radius 3 is 2.38 bits per heavy atom. The normalized spacial score (nSPS) is 14.2. The van der Waals surface area contributed by atoms with Gasteiger partial charge in [0, 0.05) is 36.3 Å². The molecule has 0 aromatic heterocycles. The van der Waals surface area contributed by atoms with Crippen LogP contribution >= 0.6 is 0 Å². The maximum absolute atomic E-state index is 12.2. The lowest BCUT2D eigenvalue weighted by atomic mass is 10.1. The number of rotatable bonds is 5. The van der Waals surface area contributed by atoms with Gasteiger partial charge in [0.15, 0.2) is 0 Å². The summed E-state index contributed by atoms with van der Waals surface area (Å²) in [7, 11) is -3.80. The van der Waals surface area contributed by atoms with Crippen molar-refractivity contribution in [1.82, 2.24) is 4.72 Å². The average molecular weight is 413 g/mol. The Morgan fingerprint density at radius 1 is 1.07 bits per heavy atom. The minimum Gasteiger partial charge on any atom is -0.312 e. The molecule has 8 nitrogen and oxygen atoms in total. The van der Waals surface area contributed by atoms with Gasteiger partial charge in [-0.1, -0.05) is 11.8 Å². The first-order valence-corrected chi connectivity index (χ1v) is 10.5. The summed E-state index contributed by atoms with van der Waals surface area (Å²) in [4.78, 5) is 23.7. The van der Waals surface area contributed by atoms with Gasteiger partial charge in [-0.2, -0.15) is 4.72 Å². The zero-order valence-electron chi connectivity index (χ0n) is 15.5. The molecule has 9 heteroatoms. The smallest absolute Gasteiger partial charge is 0.269 e. The molecule has 0 radical (unpaired) electrons. The first kappa shape index (κ1) is 20.5. The molecule has 1 heterocycles. The Balaban J connectivity index is 1.59. The average Bonchev–Trinajstić information content (AvgIpc) is 2.72. The molecule has 1 saturated heterocycles. The maximum atomic E-state index is 12.2. The lowest BCUT2D eigenvalue weighted by Crippen LogP contribution is -2.35. The fourth-order valence-corrected chi connectivity index (χ4v) is 3.83. The van der Waals surface area contributed by atoms with Crippen LogP contribution in [0.1, 0.15) is 24.8 Å². The highest BCUT2D eigenvalue weighted by Gasteiger charge is 2.19. The van der Waals surface area contributed by atoms with Crippen LogP contribution in [0.4, 0.5) is 11.4 Å². The van der Waals surface area contributed by atoms with Crippen LogP contribution in [-0.2, 0) is 14.8 Å². The third-order valence-corrected chi connectivity index (χ3v) is 5.86. The molecule has 2 aromatic rings. The molecule has 0 bridgehead atoms. The molecule has 0 saturated carbocycles. The van der Waals surface area contributed by atoms with E-state index < -0.39 is 14.9 Å². The molecule has 0 spiro atoms. The highest BCUT2D eigenvalue weighted by Crippen LogP contribution is 2.21. The number of hydrogen-bond donors (Lipinski definition) is 1. The molecule has 0 atom stereocenters. The SMILES string of the molecule is O=C1CCCCN1c1ccc(C#CCNS(=O)(=O)c2ccc([N+](=O)[O-])cc2)cc1. The molecule has 2 aromatic carbocycles. The van der Waals surface area contributed by atoms with Gasteiger partial charge < -0.3 is 4.90 Å². The van der Waals surface area contributed by atoms with Crippen molar-refractivity contribution in [3.8, 4) is 11.8 Å². The third kappa shape index (κ3) is 5.19. The predicted octanol–water partition coefficient (Wildman–Crippen LogP) is 2.44. The zero-order chi connectivity index (χ0) is 20.9. The lowest BCUT2D eigenvalue weighted by molar-refractivity contribution is -0.384. The van der Waals surface area contributed by atoms with E-state index in [1.165, 1.54) is 12.1 Å². The second kappa shape index (κ2) is 8.86. The van der Waals surface area contributed by atoms with Crippen LogP contribution in [0, 0.1) is 22.0 Å². The van der Waals surface area contributed by atoms with Gasteiger partial charge in [-0.15, -0.1) is 0 Å². The molecular formula is C20H19N3O5S. The lowest BCUT2D eigenvalue weighted by Gasteiger charge is -2.26. The van der Waals surface area contributed by atoms with E-state index in [-0.39, 0.29) is 23.0 Å². The van der Waals surface area contributed by atoms with Gasteiger partial charge in [-0.3, -0.25) is 14.9 Å². The Kier molecular flexibility index (Phi) is 6.26. The number of nitrogens with zero attached hydrogens (tertiary/aromatic N) is 2. The number of nitro groups is 1. The van der Waals surface area contributed by atoms with E-state index in [0.717, 1.165) is 30.7 Å². The molecule has 1 aliphatic heterocycles. The molecule has 1 fully saturated rings. The number of piperidine rings is 1. The Hall–Kier alpha value is -3.22. The van der Waals surface area contributed by atoms with Crippen molar-refractivity contribution in [2.24, 2.45) is 0 Å². The van der Waals surface area contributed by atoms with Crippen LogP contribution in [0.15, 0.2) is 53.4 Å². The molecule has 1 N–H and O–H groups in total. The van der Waals surface area contributed by atoms with E-state index in [9.17, 15) is 23.3 Å². The van der Waals surface area contributed by atoms with Gasteiger partial charge in [0.2, 0.25) is 15.9 Å². The third-order valence-electron chi connectivity index (χ3n) is 4.44. The second-order valence-electron chi connectivity index (χ2n) is 6.43. The van der Waals surface area contributed by atoms with Gasteiger partial charge in [0.1, 0.15) is 0 Å². The summed E-state index contributed by atoms with van der Waals surface area (Å²) in [5, 5.41) is 10.6. The summed E-state index contributed by atoms with van der Waals surface area (Å²) < 4.78 is 26.7. The number of hydrogen-bond acceptors (Lipinski definition) is 5. The number of nitrogens with one attached hydrogen (secondary N) is 1. The summed E-state index contributed by atoms with van der Waals surface area (Å²) in [5.41, 5.74) is 1.35. The second-order valence-corrected chi connectivity index (χ2v) is 8.19. The van der Waals surface area contributed by atoms with Crippen molar-refractivity contribution in [1.29, 1.82) is 0 Å². The number of anilines is 1. The van der Waals surface area contributed by atoms with E-state index in [0.29, 0.717) is 18.5 Å². The molecular weight excluding hydrogens is 394 g/mol. The quantitative estimate of drug-likeness (QED) is 0.460. The Morgan fingerprint density at radius 2 is 1.76 bits per heavy atom. The fraction of sp³-hybridized carbons (Fsp3) is 0.250. The van der Waals surface area contributed by atoms with E-state index in [4.69, 9.17) is 0 Å². The predicted molar refractivity (Wildman–Crippen MR) is 108 cm³/mol. The van der Waals surface area contributed by atoms with Crippen LogP contribution < -0.4 is 9.62 Å². The van der Waals surface area contributed by atoms with Crippen LogP contribution in [0.5, 0.6) is 0 Å². The number of nitro benzene ring substituents is 1. The summed E-state index contributed by atoms with van der Waals surface area (Å²) in [6.07, 6.45) is 2.48. The largest absolute Gasteiger partial charge is 0.312 e. The monoisotopic (exact) mass is 413 g/mol. The molecule has 3 rings (SSSR count). The first-order valence-electron chi connectivity index (χ1n) is 9.00. The van der Waals surface area contributed by atoms with Crippen molar-refractivity contribution in [3.63, 3.8) is 0 Å². The first-order chi connectivity index (χ1) is 13.9. The van der Waals surface area contributed by atoms with Crippen molar-refractivity contribution >= 4 is 27.3 Å². The summed E-state index contributed by atoms with van der Waals surface area (Å²) >= 11 is 0. The number of non-ortho nitro benzene ring substituents is 1. The minimum absolute atomic E-state index is 0.0690. The standard InChI is InChI=1S/C20H19N3O5S/c24-20-5-1-2-15-22(20)17-8-6-16(7-9-17)4-3-14-21-29(27,28)19-12-10-18(11-13-19)23(25)26/h6-13,21H,1-2,5,14-15H2. The van der Waals surface area contributed by atoms with Crippen LogP contribution in [0.3, 0.4) is 0 Å². The van der Waals surface area contributed by atoms with Crippen molar-refractivity contribution in [2.75, 3.05) is 18.0 Å². The summed E-state index contributed by atoms with van der Waals surface area (Å²) in [6.45, 7) is 0.611. The topological polar surface area (TPSA) is 110 Å². The van der Waals surface area contributed by atoms with E-state index in [2.05, 4.69) is 16.6 Å². The Bertz CT molecular complexity index is 1070. The van der Waals surface area contributed by atoms with Crippen molar-refractivity contribution < 1.29 is 18.1 Å². The van der Waals surface area contributed by atoms with Crippen LogP contribution in [0.2, 0.25) is 0 Å². The Labute approximate surface area is 168 Å². The number of amides is 1. The number of carbonyl (C=O) groups excluding carboxylic acids is 1.